The molecule has 0 aliphatic rings. The highest BCUT2D eigenvalue weighted by molar-refractivity contribution is 5.89. The van der Waals surface area contributed by atoms with Gasteiger partial charge in [0.2, 0.25) is 0 Å². The fraction of sp³-hybridized carbons (Fsp3) is 0.185. The number of esters is 1. The minimum Gasteiger partial charge on any atom is -0.480 e. The third-order valence-electron chi connectivity index (χ3n) is 5.27. The van der Waals surface area contributed by atoms with E-state index >= 15 is 0 Å². The molecule has 0 fully saturated rings. The van der Waals surface area contributed by atoms with Crippen molar-refractivity contribution in [2.75, 3.05) is 6.54 Å². The molecule has 0 saturated heterocycles. The summed E-state index contributed by atoms with van der Waals surface area (Å²) >= 11 is 0. The van der Waals surface area contributed by atoms with Gasteiger partial charge in [-0.2, -0.15) is 0 Å². The van der Waals surface area contributed by atoms with Crippen LogP contribution in [0.25, 0.3) is 10.9 Å². The van der Waals surface area contributed by atoms with Crippen molar-refractivity contribution in [3.8, 4) is 0 Å². The lowest BCUT2D eigenvalue weighted by atomic mass is 10.1. The lowest BCUT2D eigenvalue weighted by Crippen LogP contribution is -2.32. The molecule has 0 aliphatic heterocycles. The minimum atomic E-state index is -0.972. The van der Waals surface area contributed by atoms with E-state index in [1.807, 2.05) is 72.9 Å². The molecule has 6 N–H and O–H groups in total. The third-order valence-corrected chi connectivity index (χ3v) is 5.27. The summed E-state index contributed by atoms with van der Waals surface area (Å²) in [5.41, 5.74) is 15.6. The van der Waals surface area contributed by atoms with Crippen LogP contribution in [0, 0.1) is 0 Å². The molecule has 3 aromatic carbocycles. The maximum absolute atomic E-state index is 11.8. The Morgan fingerprint density at radius 3 is 2.23 bits per heavy atom. The van der Waals surface area contributed by atoms with E-state index in [9.17, 15) is 9.59 Å². The van der Waals surface area contributed by atoms with Crippen LogP contribution in [0.2, 0.25) is 0 Å². The second-order valence-corrected chi connectivity index (χ2v) is 7.81. The van der Waals surface area contributed by atoms with E-state index in [0.717, 1.165) is 34.0 Å². The molecule has 0 bridgehead atoms. The Bertz CT molecular complexity index is 1210. The van der Waals surface area contributed by atoms with E-state index in [4.69, 9.17) is 21.3 Å². The smallest absolute Gasteiger partial charge is 0.338 e. The zero-order valence-corrected chi connectivity index (χ0v) is 20.0. The highest BCUT2D eigenvalue weighted by atomic mass is 35.5. The van der Waals surface area contributed by atoms with Gasteiger partial charge in [-0.15, -0.1) is 12.4 Å². The summed E-state index contributed by atoms with van der Waals surface area (Å²) in [5, 5.41) is 9.75. The number of nitrogens with one attached hydrogen (secondary N) is 1. The number of aromatic amines is 1. The Hall–Kier alpha value is -3.65. The van der Waals surface area contributed by atoms with Crippen molar-refractivity contribution in [2.45, 2.75) is 25.5 Å². The number of carbonyl (C=O) groups excluding carboxylic acids is 1. The summed E-state index contributed by atoms with van der Waals surface area (Å²) in [6.45, 7) is 0.905. The van der Waals surface area contributed by atoms with Gasteiger partial charge < -0.3 is 26.3 Å². The van der Waals surface area contributed by atoms with E-state index in [1.165, 1.54) is 0 Å². The largest absolute Gasteiger partial charge is 0.480 e. The van der Waals surface area contributed by atoms with Crippen LogP contribution in [0.3, 0.4) is 0 Å². The number of benzene rings is 3. The van der Waals surface area contributed by atoms with Gasteiger partial charge in [0, 0.05) is 23.5 Å². The predicted molar refractivity (Wildman–Crippen MR) is 140 cm³/mol. The number of halogens is 1. The van der Waals surface area contributed by atoms with Crippen LogP contribution in [0.5, 0.6) is 0 Å². The van der Waals surface area contributed by atoms with Crippen LogP contribution in [0.1, 0.15) is 27.0 Å². The molecule has 0 spiro atoms. The summed E-state index contributed by atoms with van der Waals surface area (Å²) in [6, 6.07) is 23.9. The molecule has 35 heavy (non-hydrogen) atoms. The third kappa shape index (κ3) is 8.26. The van der Waals surface area contributed by atoms with Gasteiger partial charge in [0.05, 0.1) is 5.56 Å². The van der Waals surface area contributed by atoms with Gasteiger partial charge in [0.1, 0.15) is 12.6 Å². The van der Waals surface area contributed by atoms with E-state index in [0.29, 0.717) is 25.1 Å². The SMILES string of the molecule is Cl.NCCc1ccc(C(=O)OCc2ccccc2)cc1.N[C@@H](Cc1c[nH]c2ccccc12)C(=O)O. The predicted octanol–water partition coefficient (Wildman–Crippen LogP) is 4.09. The highest BCUT2D eigenvalue weighted by Gasteiger charge is 2.14. The second kappa shape index (κ2) is 13.9. The van der Waals surface area contributed by atoms with Crippen molar-refractivity contribution >= 4 is 35.2 Å². The van der Waals surface area contributed by atoms with Crippen LogP contribution in [-0.2, 0) is 29.0 Å². The number of aromatic nitrogens is 1. The summed E-state index contributed by atoms with van der Waals surface area (Å²) < 4.78 is 5.25. The van der Waals surface area contributed by atoms with Crippen molar-refractivity contribution in [3.05, 3.63) is 107 Å². The molecule has 0 amide bonds. The zero-order chi connectivity index (χ0) is 24.3. The Kier molecular flexibility index (Phi) is 11.0. The summed E-state index contributed by atoms with van der Waals surface area (Å²) in [6.07, 6.45) is 2.98. The van der Waals surface area contributed by atoms with Gasteiger partial charge >= 0.3 is 11.9 Å². The molecule has 7 nitrogen and oxygen atoms in total. The van der Waals surface area contributed by atoms with Crippen molar-refractivity contribution in [1.82, 2.24) is 4.98 Å². The average molecular weight is 496 g/mol. The zero-order valence-electron chi connectivity index (χ0n) is 19.2. The number of hydrogen-bond donors (Lipinski definition) is 4. The number of ether oxygens (including phenoxy) is 1. The molecular formula is C27H30ClN3O4. The first-order chi connectivity index (χ1) is 16.5. The van der Waals surface area contributed by atoms with Gasteiger partial charge in [-0.1, -0.05) is 60.7 Å². The number of carbonyl (C=O) groups is 2. The van der Waals surface area contributed by atoms with E-state index < -0.39 is 12.0 Å². The molecule has 0 saturated carbocycles. The number of para-hydroxylation sites is 1. The van der Waals surface area contributed by atoms with Crippen LogP contribution < -0.4 is 11.5 Å². The molecule has 8 heteroatoms. The molecule has 1 aromatic heterocycles. The minimum absolute atomic E-state index is 0. The van der Waals surface area contributed by atoms with Crippen LogP contribution in [0.15, 0.2) is 85.1 Å². The van der Waals surface area contributed by atoms with Crippen LogP contribution in [0.4, 0.5) is 0 Å². The average Bonchev–Trinajstić information content (AvgIpc) is 3.27. The molecule has 184 valence electrons. The quantitative estimate of drug-likeness (QED) is 0.272. The first kappa shape index (κ1) is 27.6. The van der Waals surface area contributed by atoms with Gasteiger partial charge in [-0.25, -0.2) is 4.79 Å². The molecule has 1 heterocycles. The summed E-state index contributed by atoms with van der Waals surface area (Å²) in [5.74, 6) is -1.27. The number of H-pyrrole nitrogens is 1. The molecular weight excluding hydrogens is 466 g/mol. The topological polar surface area (TPSA) is 131 Å². The molecule has 0 radical (unpaired) electrons. The molecule has 0 aliphatic carbocycles. The second-order valence-electron chi connectivity index (χ2n) is 7.81. The lowest BCUT2D eigenvalue weighted by Gasteiger charge is -2.05. The fourth-order valence-corrected chi connectivity index (χ4v) is 3.41. The number of fused-ring (bicyclic) bond motifs is 1. The molecule has 4 aromatic rings. The number of hydrogen-bond acceptors (Lipinski definition) is 5. The van der Waals surface area contributed by atoms with Crippen molar-refractivity contribution in [3.63, 3.8) is 0 Å². The van der Waals surface area contributed by atoms with Gasteiger partial charge in [0.15, 0.2) is 0 Å². The number of carboxylic acid groups (broad SMARTS) is 1. The molecule has 1 atom stereocenters. The standard InChI is InChI=1S/C16H17NO2.C11H12N2O2.ClH/c17-11-10-13-6-8-15(9-7-13)16(18)19-12-14-4-2-1-3-5-14;12-9(11(14)15)5-7-6-13-10-4-2-1-3-8(7)10;/h1-9H,10-12,17H2;1-4,6,9,13H,5,12H2,(H,14,15);1H/t;9-;/m.0./s1. The van der Waals surface area contributed by atoms with E-state index in [1.54, 1.807) is 12.1 Å². The normalized spacial score (nSPS) is 11.0. The first-order valence-corrected chi connectivity index (χ1v) is 11.0. The molecule has 4 rings (SSSR count). The lowest BCUT2D eigenvalue weighted by molar-refractivity contribution is -0.138. The summed E-state index contributed by atoms with van der Waals surface area (Å²) in [4.78, 5) is 25.6. The van der Waals surface area contributed by atoms with Gasteiger partial charge in [0.25, 0.3) is 0 Å². The highest BCUT2D eigenvalue weighted by Crippen LogP contribution is 2.18. The monoisotopic (exact) mass is 495 g/mol. The maximum Gasteiger partial charge on any atom is 0.338 e. The van der Waals surface area contributed by atoms with Crippen molar-refractivity contribution in [1.29, 1.82) is 0 Å². The first-order valence-electron chi connectivity index (χ1n) is 11.0. The summed E-state index contributed by atoms with van der Waals surface area (Å²) in [7, 11) is 0. The fourth-order valence-electron chi connectivity index (χ4n) is 3.41. The number of rotatable bonds is 8. The van der Waals surface area contributed by atoms with Gasteiger partial charge in [-0.05, 0) is 47.9 Å². The van der Waals surface area contributed by atoms with E-state index in [-0.39, 0.29) is 18.4 Å². The maximum atomic E-state index is 11.8. The Balaban J connectivity index is 0.000000246. The van der Waals surface area contributed by atoms with Gasteiger partial charge in [-0.3, -0.25) is 4.79 Å². The number of aliphatic carboxylic acids is 1. The Morgan fingerprint density at radius 1 is 0.914 bits per heavy atom. The Morgan fingerprint density at radius 2 is 1.57 bits per heavy atom. The van der Waals surface area contributed by atoms with Crippen LogP contribution >= 0.6 is 12.4 Å². The number of carboxylic acids is 1. The van der Waals surface area contributed by atoms with Crippen molar-refractivity contribution in [2.24, 2.45) is 11.5 Å². The molecule has 0 unspecified atom stereocenters. The van der Waals surface area contributed by atoms with Crippen LogP contribution in [-0.4, -0.2) is 34.6 Å². The number of nitrogens with two attached hydrogens (primary N) is 2. The van der Waals surface area contributed by atoms with Crippen molar-refractivity contribution < 1.29 is 19.4 Å². The Labute approximate surface area is 210 Å². The van der Waals surface area contributed by atoms with E-state index in [2.05, 4.69) is 4.98 Å².